The third-order valence-electron chi connectivity index (χ3n) is 8.32. The summed E-state index contributed by atoms with van der Waals surface area (Å²) in [5.41, 5.74) is 3.26. The second kappa shape index (κ2) is 13.8. The first-order chi connectivity index (χ1) is 21.7. The van der Waals surface area contributed by atoms with Crippen molar-refractivity contribution in [1.82, 2.24) is 4.90 Å². The fourth-order valence-corrected chi connectivity index (χ4v) is 6.08. The molecule has 0 aromatic heterocycles. The smallest absolute Gasteiger partial charge is 0.206 e. The Balaban J connectivity index is 1.29. The molecule has 0 amide bonds. The SMILES string of the molecule is C=CCc1c(C2=CN=C3C(Nc4cc(C)c(C(=O)/C=N/CCOCCCN(C)C)c(F)c4)=NC=CC4CC234)ccc(OC)c1F. The molecule has 10 heteroatoms. The van der Waals surface area contributed by atoms with Gasteiger partial charge in [-0.05, 0) is 87.6 Å². The molecule has 3 aliphatic rings. The number of methoxy groups -OCH3 is 1. The van der Waals surface area contributed by atoms with Crippen molar-refractivity contribution in [3.05, 3.63) is 89.3 Å². The summed E-state index contributed by atoms with van der Waals surface area (Å²) >= 11 is 0. The maximum Gasteiger partial charge on any atom is 0.206 e. The number of halogens is 2. The molecule has 0 bridgehead atoms. The summed E-state index contributed by atoms with van der Waals surface area (Å²) in [5, 5.41) is 3.24. The number of ketones is 1. The van der Waals surface area contributed by atoms with Crippen LogP contribution in [0.25, 0.3) is 5.57 Å². The maximum atomic E-state index is 15.3. The zero-order valence-corrected chi connectivity index (χ0v) is 26.2. The highest BCUT2D eigenvalue weighted by molar-refractivity contribution is 6.51. The van der Waals surface area contributed by atoms with E-state index in [1.165, 1.54) is 13.2 Å². The van der Waals surface area contributed by atoms with E-state index in [-0.39, 0.29) is 17.2 Å². The summed E-state index contributed by atoms with van der Waals surface area (Å²) in [5.74, 6) is -0.792. The quantitative estimate of drug-likeness (QED) is 0.121. The summed E-state index contributed by atoms with van der Waals surface area (Å²) in [6.07, 6.45) is 10.4. The number of nitrogens with one attached hydrogen (secondary N) is 1. The predicted octanol–water partition coefficient (Wildman–Crippen LogP) is 6.07. The first kappa shape index (κ1) is 32.1. The van der Waals surface area contributed by atoms with Crippen LogP contribution in [0.3, 0.4) is 0 Å². The van der Waals surface area contributed by atoms with Gasteiger partial charge in [0.25, 0.3) is 0 Å². The van der Waals surface area contributed by atoms with Crippen LogP contribution in [-0.4, -0.2) is 76.0 Å². The van der Waals surface area contributed by atoms with Gasteiger partial charge in [-0.3, -0.25) is 14.8 Å². The summed E-state index contributed by atoms with van der Waals surface area (Å²) < 4.78 is 41.4. The molecule has 1 aliphatic carbocycles. The van der Waals surface area contributed by atoms with Crippen molar-refractivity contribution in [2.75, 3.05) is 52.8 Å². The molecule has 1 spiro atoms. The number of carbonyl (C=O) groups excluding carboxylic acids is 1. The number of aliphatic imine (C=N–C) groups is 3. The summed E-state index contributed by atoms with van der Waals surface area (Å²) in [6, 6.07) is 6.48. The summed E-state index contributed by atoms with van der Waals surface area (Å²) in [4.78, 5) is 28.4. The molecule has 1 saturated carbocycles. The van der Waals surface area contributed by atoms with E-state index in [4.69, 9.17) is 14.5 Å². The molecular weight excluding hydrogens is 576 g/mol. The first-order valence-corrected chi connectivity index (χ1v) is 15.1. The highest BCUT2D eigenvalue weighted by Gasteiger charge is 2.63. The monoisotopic (exact) mass is 615 g/mol. The zero-order chi connectivity index (χ0) is 32.1. The topological polar surface area (TPSA) is 87.9 Å². The molecule has 2 atom stereocenters. The molecule has 2 aliphatic heterocycles. The Morgan fingerprint density at radius 3 is 2.80 bits per heavy atom. The largest absolute Gasteiger partial charge is 0.494 e. The highest BCUT2D eigenvalue weighted by atomic mass is 19.1. The Morgan fingerprint density at radius 2 is 2.07 bits per heavy atom. The van der Waals surface area contributed by atoms with Crippen LogP contribution in [0.15, 0.2) is 70.4 Å². The van der Waals surface area contributed by atoms with Gasteiger partial charge >= 0.3 is 0 Å². The molecule has 0 saturated heterocycles. The Hall–Kier alpha value is -4.28. The number of Topliss-reactive ketones (excluding diaryl/α,β-unsaturated/α-hetero) is 1. The van der Waals surface area contributed by atoms with Crippen molar-refractivity contribution in [2.24, 2.45) is 26.3 Å². The molecule has 2 unspecified atom stereocenters. The zero-order valence-electron chi connectivity index (χ0n) is 26.2. The second-order valence-corrected chi connectivity index (χ2v) is 11.7. The predicted molar refractivity (Wildman–Crippen MR) is 176 cm³/mol. The number of anilines is 1. The van der Waals surface area contributed by atoms with E-state index < -0.39 is 22.8 Å². The number of nitrogens with zero attached hydrogens (tertiary/aromatic N) is 4. The van der Waals surface area contributed by atoms with Crippen LogP contribution in [0.2, 0.25) is 0 Å². The van der Waals surface area contributed by atoms with Crippen LogP contribution in [0, 0.1) is 29.9 Å². The number of ether oxygens (including phenoxy) is 2. The van der Waals surface area contributed by atoms with E-state index in [1.807, 2.05) is 26.2 Å². The van der Waals surface area contributed by atoms with Crippen molar-refractivity contribution in [1.29, 1.82) is 0 Å². The normalized spacial score (nSPS) is 19.9. The van der Waals surface area contributed by atoms with Gasteiger partial charge in [0.05, 0.1) is 43.2 Å². The Bertz CT molecular complexity index is 1620. The average molecular weight is 616 g/mol. The van der Waals surface area contributed by atoms with Gasteiger partial charge in [0.1, 0.15) is 5.82 Å². The Kier molecular flexibility index (Phi) is 9.84. The third-order valence-corrected chi connectivity index (χ3v) is 8.32. The van der Waals surface area contributed by atoms with Crippen molar-refractivity contribution in [3.8, 4) is 5.75 Å². The first-order valence-electron chi connectivity index (χ1n) is 15.1. The molecule has 236 valence electrons. The lowest BCUT2D eigenvalue weighted by atomic mass is 9.82. The number of hydrogen-bond donors (Lipinski definition) is 1. The van der Waals surface area contributed by atoms with Crippen molar-refractivity contribution in [2.45, 2.75) is 26.2 Å². The second-order valence-electron chi connectivity index (χ2n) is 11.7. The molecule has 2 heterocycles. The lowest BCUT2D eigenvalue weighted by Crippen LogP contribution is -2.30. The van der Waals surface area contributed by atoms with E-state index in [9.17, 15) is 4.79 Å². The van der Waals surface area contributed by atoms with Crippen LogP contribution in [-0.2, 0) is 11.2 Å². The minimum Gasteiger partial charge on any atom is -0.494 e. The lowest BCUT2D eigenvalue weighted by Gasteiger charge is -2.22. The van der Waals surface area contributed by atoms with Gasteiger partial charge in [-0.25, -0.2) is 13.8 Å². The van der Waals surface area contributed by atoms with Crippen molar-refractivity contribution in [3.63, 3.8) is 0 Å². The Labute approximate surface area is 263 Å². The van der Waals surface area contributed by atoms with Crippen LogP contribution >= 0.6 is 0 Å². The van der Waals surface area contributed by atoms with Crippen molar-refractivity contribution < 1.29 is 23.0 Å². The number of carbonyl (C=O) groups is 1. The summed E-state index contributed by atoms with van der Waals surface area (Å²) in [7, 11) is 5.45. The fraction of sp³-hybridized carbons (Fsp3) is 0.371. The molecule has 2 aromatic carbocycles. The van der Waals surface area contributed by atoms with E-state index >= 15 is 8.78 Å². The van der Waals surface area contributed by atoms with Crippen LogP contribution in [0.1, 0.15) is 39.9 Å². The average Bonchev–Trinajstić information content (AvgIpc) is 3.61. The number of hydrogen-bond acceptors (Lipinski definition) is 8. The van der Waals surface area contributed by atoms with Gasteiger partial charge in [-0.1, -0.05) is 18.2 Å². The van der Waals surface area contributed by atoms with Gasteiger partial charge in [0.2, 0.25) is 5.78 Å². The van der Waals surface area contributed by atoms with Gasteiger partial charge in [0.15, 0.2) is 17.4 Å². The number of aryl methyl sites for hydroxylation is 1. The molecule has 8 nitrogen and oxygen atoms in total. The van der Waals surface area contributed by atoms with Gasteiger partial charge < -0.3 is 19.7 Å². The van der Waals surface area contributed by atoms with Gasteiger partial charge in [-0.2, -0.15) is 0 Å². The fourth-order valence-electron chi connectivity index (χ4n) is 6.08. The lowest BCUT2D eigenvalue weighted by molar-refractivity contribution is 0.106. The van der Waals surface area contributed by atoms with E-state index in [1.54, 1.807) is 37.5 Å². The molecule has 0 radical (unpaired) electrons. The number of amidine groups is 1. The molecule has 2 aromatic rings. The molecule has 1 fully saturated rings. The Morgan fingerprint density at radius 1 is 1.24 bits per heavy atom. The number of rotatable bonds is 14. The van der Waals surface area contributed by atoms with E-state index in [0.717, 1.165) is 36.7 Å². The molecule has 5 rings (SSSR count). The molecule has 1 N–H and O–H groups in total. The van der Waals surface area contributed by atoms with Gasteiger partial charge in [-0.15, -0.1) is 6.58 Å². The van der Waals surface area contributed by atoms with Crippen molar-refractivity contribution >= 4 is 34.8 Å². The standard InChI is InChI=1S/C35H39F2N5O3/c1-6-8-26-25(9-10-30(44-5)32(26)37)27-20-40-33-34(39-12-11-23-19-35(23,27)33)41-24-17-22(2)31(28(36)18-24)29(43)21-38-13-16-45-15-7-14-42(3)4/h6,9-12,17-18,20-21,23H,1,7-8,13-16,19H2,2-5H3,(H,39,41)/b38-21+. The number of benzene rings is 2. The van der Waals surface area contributed by atoms with E-state index in [2.05, 4.69) is 26.8 Å². The highest BCUT2D eigenvalue weighted by Crippen LogP contribution is 2.65. The maximum absolute atomic E-state index is 15.3. The molecular formula is C35H39F2N5O3. The minimum atomic E-state index is -0.660. The summed E-state index contributed by atoms with van der Waals surface area (Å²) in [6.45, 7) is 7.76. The minimum absolute atomic E-state index is 0.0314. The van der Waals surface area contributed by atoms with E-state index in [0.29, 0.717) is 54.5 Å². The molecule has 45 heavy (non-hydrogen) atoms. The van der Waals surface area contributed by atoms with Crippen LogP contribution in [0.5, 0.6) is 5.75 Å². The number of allylic oxidation sites excluding steroid dienone is 3. The third kappa shape index (κ3) is 6.57. The van der Waals surface area contributed by atoms with Crippen LogP contribution in [0.4, 0.5) is 14.5 Å². The van der Waals surface area contributed by atoms with Gasteiger partial charge in [0, 0.05) is 30.3 Å². The van der Waals surface area contributed by atoms with Crippen LogP contribution < -0.4 is 10.1 Å².